The SMILES string of the molecule is O=C(NC1CC1)[C@H]1CCCN1c1ccc2nnnn2n1. The number of nitrogens with zero attached hydrogens (tertiary/aromatic N) is 6. The van der Waals surface area contributed by atoms with Crippen LogP contribution in [0.4, 0.5) is 5.82 Å². The van der Waals surface area contributed by atoms with Gasteiger partial charge in [-0.05, 0) is 48.2 Å². The van der Waals surface area contributed by atoms with Gasteiger partial charge in [0.1, 0.15) is 6.04 Å². The third kappa shape index (κ3) is 1.97. The van der Waals surface area contributed by atoms with Crippen LogP contribution >= 0.6 is 0 Å². The van der Waals surface area contributed by atoms with Gasteiger partial charge in [0.15, 0.2) is 11.5 Å². The van der Waals surface area contributed by atoms with Crippen molar-refractivity contribution in [3.63, 3.8) is 0 Å². The molecule has 3 heterocycles. The fourth-order valence-electron chi connectivity index (χ4n) is 2.63. The topological polar surface area (TPSA) is 88.3 Å². The number of aromatic nitrogens is 5. The van der Waals surface area contributed by atoms with Crippen LogP contribution in [0.25, 0.3) is 5.65 Å². The van der Waals surface area contributed by atoms with Crippen LogP contribution in [0.5, 0.6) is 0 Å². The van der Waals surface area contributed by atoms with Gasteiger partial charge in [0.2, 0.25) is 5.91 Å². The zero-order valence-corrected chi connectivity index (χ0v) is 10.9. The van der Waals surface area contributed by atoms with E-state index < -0.39 is 0 Å². The smallest absolute Gasteiger partial charge is 0.242 e. The molecule has 1 atom stereocenters. The van der Waals surface area contributed by atoms with E-state index in [2.05, 4.69) is 25.9 Å². The van der Waals surface area contributed by atoms with Gasteiger partial charge in [-0.2, -0.15) is 0 Å². The Morgan fingerprint density at radius 3 is 3.05 bits per heavy atom. The van der Waals surface area contributed by atoms with Crippen molar-refractivity contribution in [2.24, 2.45) is 0 Å². The second-order valence-electron chi connectivity index (χ2n) is 5.35. The zero-order chi connectivity index (χ0) is 13.5. The summed E-state index contributed by atoms with van der Waals surface area (Å²) in [6.45, 7) is 0.837. The second kappa shape index (κ2) is 4.39. The van der Waals surface area contributed by atoms with Crippen LogP contribution in [0, 0.1) is 0 Å². The first-order valence-electron chi connectivity index (χ1n) is 6.94. The average Bonchev–Trinajstić information content (AvgIpc) is 2.97. The molecule has 2 aromatic heterocycles. The molecule has 4 rings (SSSR count). The lowest BCUT2D eigenvalue weighted by Crippen LogP contribution is -2.44. The molecular weight excluding hydrogens is 258 g/mol. The first-order chi connectivity index (χ1) is 9.81. The number of hydrogen-bond donors (Lipinski definition) is 1. The lowest BCUT2D eigenvalue weighted by Gasteiger charge is -2.24. The van der Waals surface area contributed by atoms with Crippen LogP contribution in [-0.4, -0.2) is 49.8 Å². The van der Waals surface area contributed by atoms with E-state index in [1.165, 1.54) is 4.63 Å². The minimum absolute atomic E-state index is 0.114. The van der Waals surface area contributed by atoms with Crippen molar-refractivity contribution in [3.05, 3.63) is 12.1 Å². The Hall–Kier alpha value is -2.25. The number of rotatable bonds is 3. The number of hydrogen-bond acceptors (Lipinski definition) is 6. The van der Waals surface area contributed by atoms with Crippen molar-refractivity contribution in [1.82, 2.24) is 30.6 Å². The van der Waals surface area contributed by atoms with Crippen molar-refractivity contribution in [2.45, 2.75) is 37.8 Å². The van der Waals surface area contributed by atoms with Gasteiger partial charge < -0.3 is 10.2 Å². The number of carbonyl (C=O) groups excluding carboxylic acids is 1. The van der Waals surface area contributed by atoms with Gasteiger partial charge in [-0.3, -0.25) is 4.79 Å². The van der Waals surface area contributed by atoms with E-state index in [0.29, 0.717) is 11.7 Å². The van der Waals surface area contributed by atoms with E-state index in [4.69, 9.17) is 0 Å². The van der Waals surface area contributed by atoms with Gasteiger partial charge in [-0.15, -0.1) is 14.8 Å². The van der Waals surface area contributed by atoms with Crippen molar-refractivity contribution in [2.75, 3.05) is 11.4 Å². The summed E-state index contributed by atoms with van der Waals surface area (Å²) in [5.41, 5.74) is 0.604. The van der Waals surface area contributed by atoms with Crippen LogP contribution in [-0.2, 0) is 4.79 Å². The highest BCUT2D eigenvalue weighted by molar-refractivity contribution is 5.86. The molecule has 0 bridgehead atoms. The fourth-order valence-corrected chi connectivity index (χ4v) is 2.63. The molecule has 0 radical (unpaired) electrons. The molecule has 0 spiro atoms. The monoisotopic (exact) mass is 273 g/mol. The van der Waals surface area contributed by atoms with Crippen LogP contribution in [0.1, 0.15) is 25.7 Å². The third-order valence-corrected chi connectivity index (χ3v) is 3.83. The largest absolute Gasteiger partial charge is 0.352 e. The minimum atomic E-state index is -0.128. The molecule has 2 aromatic rings. The molecule has 20 heavy (non-hydrogen) atoms. The van der Waals surface area contributed by atoms with E-state index in [-0.39, 0.29) is 11.9 Å². The molecule has 1 aliphatic carbocycles. The van der Waals surface area contributed by atoms with Gasteiger partial charge in [-0.1, -0.05) is 0 Å². The highest BCUT2D eigenvalue weighted by Gasteiger charge is 2.34. The summed E-state index contributed by atoms with van der Waals surface area (Å²) in [5.74, 6) is 0.863. The number of fused-ring (bicyclic) bond motifs is 1. The fraction of sp³-hybridized carbons (Fsp3) is 0.583. The summed E-state index contributed by atoms with van der Waals surface area (Å²) < 4.78 is 1.39. The summed E-state index contributed by atoms with van der Waals surface area (Å²) in [6.07, 6.45) is 4.08. The maximum absolute atomic E-state index is 12.3. The molecule has 8 heteroatoms. The van der Waals surface area contributed by atoms with E-state index >= 15 is 0 Å². The highest BCUT2D eigenvalue weighted by Crippen LogP contribution is 2.25. The maximum Gasteiger partial charge on any atom is 0.242 e. The first kappa shape index (κ1) is 11.6. The van der Waals surface area contributed by atoms with E-state index in [0.717, 1.165) is 38.0 Å². The molecule has 8 nitrogen and oxygen atoms in total. The number of nitrogens with one attached hydrogen (secondary N) is 1. The summed E-state index contributed by atoms with van der Waals surface area (Å²) >= 11 is 0. The number of tetrazole rings is 1. The van der Waals surface area contributed by atoms with Gasteiger partial charge in [0, 0.05) is 12.6 Å². The Kier molecular flexibility index (Phi) is 2.54. The standard InChI is InChI=1S/C12H15N7O/c20-12(13-8-3-4-8)9-2-1-7-18(9)11-6-5-10-14-16-17-19(10)15-11/h5-6,8-9H,1-4,7H2,(H,13,20)/t9-/m1/s1. The van der Waals surface area contributed by atoms with E-state index in [1.54, 1.807) is 0 Å². The Labute approximate surface area is 115 Å². The third-order valence-electron chi connectivity index (χ3n) is 3.83. The number of anilines is 1. The Morgan fingerprint density at radius 2 is 2.20 bits per heavy atom. The average molecular weight is 273 g/mol. The second-order valence-corrected chi connectivity index (χ2v) is 5.35. The van der Waals surface area contributed by atoms with E-state index in [1.807, 2.05) is 17.0 Å². The Morgan fingerprint density at radius 1 is 1.30 bits per heavy atom. The van der Waals surface area contributed by atoms with Gasteiger partial charge in [0.25, 0.3) is 0 Å². The number of amides is 1. The molecule has 0 unspecified atom stereocenters. The predicted octanol–water partition coefficient (Wildman–Crippen LogP) is -0.233. The lowest BCUT2D eigenvalue weighted by atomic mass is 10.2. The molecule has 1 saturated heterocycles. The predicted molar refractivity (Wildman–Crippen MR) is 70.1 cm³/mol. The van der Waals surface area contributed by atoms with Gasteiger partial charge in [0.05, 0.1) is 0 Å². The zero-order valence-electron chi connectivity index (χ0n) is 10.9. The minimum Gasteiger partial charge on any atom is -0.352 e. The molecule has 1 N–H and O–H groups in total. The molecule has 1 aliphatic heterocycles. The van der Waals surface area contributed by atoms with Crippen LogP contribution < -0.4 is 10.2 Å². The van der Waals surface area contributed by atoms with Crippen molar-refractivity contribution in [3.8, 4) is 0 Å². The summed E-state index contributed by atoms with van der Waals surface area (Å²) in [4.78, 5) is 14.3. The molecule has 1 amide bonds. The van der Waals surface area contributed by atoms with Gasteiger partial charge >= 0.3 is 0 Å². The van der Waals surface area contributed by atoms with Crippen LogP contribution in [0.15, 0.2) is 12.1 Å². The highest BCUT2D eigenvalue weighted by atomic mass is 16.2. The molecular formula is C12H15N7O. The van der Waals surface area contributed by atoms with Crippen LogP contribution in [0.3, 0.4) is 0 Å². The molecule has 2 fully saturated rings. The molecule has 0 aromatic carbocycles. The summed E-state index contributed by atoms with van der Waals surface area (Å²) in [7, 11) is 0. The molecule has 2 aliphatic rings. The quantitative estimate of drug-likeness (QED) is 0.831. The van der Waals surface area contributed by atoms with Crippen molar-refractivity contribution >= 4 is 17.4 Å². The number of carbonyl (C=O) groups is 1. The maximum atomic E-state index is 12.3. The molecule has 1 saturated carbocycles. The lowest BCUT2D eigenvalue weighted by molar-refractivity contribution is -0.122. The summed E-state index contributed by atoms with van der Waals surface area (Å²) in [5, 5.41) is 18.6. The summed E-state index contributed by atoms with van der Waals surface area (Å²) in [6, 6.07) is 3.95. The van der Waals surface area contributed by atoms with Crippen molar-refractivity contribution < 1.29 is 4.79 Å². The van der Waals surface area contributed by atoms with E-state index in [9.17, 15) is 4.79 Å². The first-order valence-corrected chi connectivity index (χ1v) is 6.94. The van der Waals surface area contributed by atoms with Crippen LogP contribution in [0.2, 0.25) is 0 Å². The van der Waals surface area contributed by atoms with Crippen molar-refractivity contribution in [1.29, 1.82) is 0 Å². The Balaban J connectivity index is 1.59. The van der Waals surface area contributed by atoms with Gasteiger partial charge in [-0.25, -0.2) is 0 Å². The molecule has 104 valence electrons. The Bertz CT molecular complexity index is 650. The normalized spacial score (nSPS) is 22.4.